The third kappa shape index (κ3) is 3.45. The van der Waals surface area contributed by atoms with E-state index in [-0.39, 0.29) is 23.3 Å². The van der Waals surface area contributed by atoms with E-state index in [9.17, 15) is 18.0 Å². The topological polar surface area (TPSA) is 126 Å². The number of aromatic amines is 1. The summed E-state index contributed by atoms with van der Waals surface area (Å²) in [4.78, 5) is 33.6. The number of aromatic nitrogens is 1. The van der Waals surface area contributed by atoms with E-state index in [0.29, 0.717) is 25.9 Å². The monoisotopic (exact) mass is 482 g/mol. The Labute approximate surface area is 197 Å². The van der Waals surface area contributed by atoms with Crippen LogP contribution in [0.25, 0.3) is 10.9 Å². The van der Waals surface area contributed by atoms with Crippen molar-refractivity contribution in [3.63, 3.8) is 0 Å². The van der Waals surface area contributed by atoms with Crippen LogP contribution in [0.5, 0.6) is 5.75 Å². The first kappa shape index (κ1) is 22.4. The second-order valence-electron chi connectivity index (χ2n) is 8.92. The van der Waals surface area contributed by atoms with Crippen molar-refractivity contribution in [3.8, 4) is 5.75 Å². The smallest absolute Gasteiger partial charge is 0.254 e. The number of benzene rings is 2. The van der Waals surface area contributed by atoms with Crippen molar-refractivity contribution in [1.82, 2.24) is 14.8 Å². The number of carbonyl (C=O) groups excluding carboxylic acids is 2. The van der Waals surface area contributed by atoms with E-state index in [1.165, 1.54) is 12.1 Å². The summed E-state index contributed by atoms with van der Waals surface area (Å²) in [6.45, 7) is 2.64. The molecule has 1 atom stereocenters. The fourth-order valence-electron chi connectivity index (χ4n) is 5.13. The van der Waals surface area contributed by atoms with Crippen molar-refractivity contribution >= 4 is 32.7 Å². The van der Waals surface area contributed by atoms with Gasteiger partial charge in [0.2, 0.25) is 15.9 Å². The fraction of sp³-hybridized carbons (Fsp3) is 0.333. The Morgan fingerprint density at radius 3 is 2.56 bits per heavy atom. The molecule has 0 saturated carbocycles. The Hall–Kier alpha value is -3.37. The number of primary sulfonamides is 1. The molecule has 0 spiro atoms. The third-order valence-corrected chi connectivity index (χ3v) is 7.91. The number of nitrogens with one attached hydrogen (secondary N) is 1. The number of nitrogens with two attached hydrogens (primary N) is 1. The lowest BCUT2D eigenvalue weighted by molar-refractivity contribution is -0.165. The molecule has 5 rings (SSSR count). The van der Waals surface area contributed by atoms with E-state index in [0.717, 1.165) is 33.5 Å². The molecule has 1 saturated heterocycles. The van der Waals surface area contributed by atoms with Crippen molar-refractivity contribution in [2.24, 2.45) is 5.14 Å². The molecule has 1 aromatic heterocycles. The number of hydrogen-bond acceptors (Lipinski definition) is 5. The second kappa shape index (κ2) is 7.85. The molecule has 1 fully saturated rings. The van der Waals surface area contributed by atoms with Gasteiger partial charge >= 0.3 is 0 Å². The largest absolute Gasteiger partial charge is 0.497 e. The summed E-state index contributed by atoms with van der Waals surface area (Å²) in [6.07, 6.45) is 1.14. The van der Waals surface area contributed by atoms with Gasteiger partial charge in [-0.1, -0.05) is 12.1 Å². The van der Waals surface area contributed by atoms with Crippen LogP contribution < -0.4 is 9.88 Å². The summed E-state index contributed by atoms with van der Waals surface area (Å²) in [6, 6.07) is 12.0. The number of amides is 2. The molecule has 2 aromatic carbocycles. The molecule has 0 unspecified atom stereocenters. The van der Waals surface area contributed by atoms with Crippen molar-refractivity contribution in [2.45, 2.75) is 30.2 Å². The minimum Gasteiger partial charge on any atom is -0.497 e. The van der Waals surface area contributed by atoms with E-state index in [1.807, 2.05) is 25.1 Å². The summed E-state index contributed by atoms with van der Waals surface area (Å²) >= 11 is 0. The summed E-state index contributed by atoms with van der Waals surface area (Å²) in [7, 11) is -2.14. The Kier molecular flexibility index (Phi) is 5.18. The minimum atomic E-state index is -3.76. The van der Waals surface area contributed by atoms with Crippen LogP contribution in [0, 0.1) is 0 Å². The molecule has 2 aliphatic heterocycles. The molecule has 0 radical (unpaired) electrons. The van der Waals surface area contributed by atoms with Gasteiger partial charge < -0.3 is 19.5 Å². The lowest BCUT2D eigenvalue weighted by atomic mass is 9.83. The van der Waals surface area contributed by atoms with Gasteiger partial charge in [0.15, 0.2) is 5.54 Å². The maximum absolute atomic E-state index is 13.8. The van der Waals surface area contributed by atoms with Crippen LogP contribution in [0.3, 0.4) is 0 Å². The zero-order valence-corrected chi connectivity index (χ0v) is 19.8. The summed E-state index contributed by atoms with van der Waals surface area (Å²) < 4.78 is 28.3. The van der Waals surface area contributed by atoms with Gasteiger partial charge in [-0.15, -0.1) is 0 Å². The Bertz CT molecular complexity index is 1410. The van der Waals surface area contributed by atoms with E-state index in [1.54, 1.807) is 29.0 Å². The zero-order valence-electron chi connectivity index (χ0n) is 19.0. The standard InChI is InChI=1S/C24H26N4O5S/c1-24-22-18(19-13-16(33-2)5-8-20(19)26-22)10-12-28(24)21(29)14-27(23(24)30)11-9-15-3-6-17(7-4-15)34(25,31)32/h3-8,13,26H,9-12,14H2,1-2H3,(H2,25,31,32)/t24-/m0/s1. The molecular weight excluding hydrogens is 456 g/mol. The number of sulfonamides is 1. The predicted octanol–water partition coefficient (Wildman–Crippen LogP) is 1.51. The molecule has 2 amide bonds. The second-order valence-corrected chi connectivity index (χ2v) is 10.5. The molecule has 9 nitrogen and oxygen atoms in total. The van der Waals surface area contributed by atoms with Crippen LogP contribution in [0.4, 0.5) is 0 Å². The van der Waals surface area contributed by atoms with Crippen LogP contribution in [-0.2, 0) is 38.0 Å². The van der Waals surface area contributed by atoms with Gasteiger partial charge in [-0.2, -0.15) is 0 Å². The highest BCUT2D eigenvalue weighted by Gasteiger charge is 2.53. The van der Waals surface area contributed by atoms with Crippen molar-refractivity contribution in [2.75, 3.05) is 26.7 Å². The SMILES string of the molecule is COc1ccc2[nH]c3c(c2c1)CCN1C(=O)CN(CCc2ccc(S(N)(=O)=O)cc2)C(=O)[C@]31C. The lowest BCUT2D eigenvalue weighted by Crippen LogP contribution is -2.67. The van der Waals surface area contributed by atoms with Gasteiger partial charge in [-0.05, 0) is 61.2 Å². The number of ether oxygens (including phenoxy) is 1. The number of hydrogen-bond donors (Lipinski definition) is 2. The zero-order chi connectivity index (χ0) is 24.3. The van der Waals surface area contributed by atoms with Crippen LogP contribution in [0.1, 0.15) is 23.7 Å². The molecule has 3 aromatic rings. The number of fused-ring (bicyclic) bond motifs is 5. The van der Waals surface area contributed by atoms with E-state index in [4.69, 9.17) is 9.88 Å². The number of methoxy groups -OCH3 is 1. The van der Waals surface area contributed by atoms with Gasteiger partial charge in [0.05, 0.1) is 24.2 Å². The number of carbonyl (C=O) groups is 2. The number of piperazine rings is 1. The first-order valence-electron chi connectivity index (χ1n) is 11.0. The molecule has 2 aliphatic rings. The van der Waals surface area contributed by atoms with Gasteiger partial charge in [0.1, 0.15) is 5.75 Å². The Morgan fingerprint density at radius 2 is 1.88 bits per heavy atom. The average Bonchev–Trinajstić information content (AvgIpc) is 3.19. The van der Waals surface area contributed by atoms with Crippen LogP contribution in [0.15, 0.2) is 47.4 Å². The molecule has 0 bridgehead atoms. The predicted molar refractivity (Wildman–Crippen MR) is 126 cm³/mol. The summed E-state index contributed by atoms with van der Waals surface area (Å²) in [5.41, 5.74) is 2.42. The first-order valence-corrected chi connectivity index (χ1v) is 12.6. The van der Waals surface area contributed by atoms with Crippen LogP contribution in [-0.4, -0.2) is 61.8 Å². The Balaban J connectivity index is 1.44. The Morgan fingerprint density at radius 1 is 1.15 bits per heavy atom. The molecular formula is C24H26N4O5S. The molecule has 3 heterocycles. The van der Waals surface area contributed by atoms with Crippen LogP contribution >= 0.6 is 0 Å². The maximum atomic E-state index is 13.8. The maximum Gasteiger partial charge on any atom is 0.254 e. The van der Waals surface area contributed by atoms with Crippen molar-refractivity contribution < 1.29 is 22.7 Å². The third-order valence-electron chi connectivity index (χ3n) is 6.98. The molecule has 0 aliphatic carbocycles. The molecule has 3 N–H and O–H groups in total. The summed E-state index contributed by atoms with van der Waals surface area (Å²) in [5.74, 6) is 0.518. The number of H-pyrrole nitrogens is 1. The normalized spacial score (nSPS) is 20.4. The quantitative estimate of drug-likeness (QED) is 0.570. The highest BCUT2D eigenvalue weighted by Crippen LogP contribution is 2.42. The summed E-state index contributed by atoms with van der Waals surface area (Å²) in [5, 5.41) is 6.16. The van der Waals surface area contributed by atoms with E-state index >= 15 is 0 Å². The highest BCUT2D eigenvalue weighted by atomic mass is 32.2. The number of rotatable bonds is 5. The van der Waals surface area contributed by atoms with E-state index < -0.39 is 15.6 Å². The van der Waals surface area contributed by atoms with Gasteiger partial charge in [-0.25, -0.2) is 13.6 Å². The molecule has 10 heteroatoms. The minimum absolute atomic E-state index is 0.0209. The lowest BCUT2D eigenvalue weighted by Gasteiger charge is -2.49. The van der Waals surface area contributed by atoms with Gasteiger partial charge in [0, 0.05) is 24.0 Å². The van der Waals surface area contributed by atoms with Gasteiger partial charge in [0.25, 0.3) is 5.91 Å². The first-order chi connectivity index (χ1) is 16.1. The van der Waals surface area contributed by atoms with Crippen molar-refractivity contribution in [1.29, 1.82) is 0 Å². The van der Waals surface area contributed by atoms with Crippen LogP contribution in [0.2, 0.25) is 0 Å². The molecule has 178 valence electrons. The van der Waals surface area contributed by atoms with E-state index in [2.05, 4.69) is 4.98 Å². The highest BCUT2D eigenvalue weighted by molar-refractivity contribution is 7.89. The molecule has 34 heavy (non-hydrogen) atoms. The average molecular weight is 483 g/mol. The van der Waals surface area contributed by atoms with Crippen molar-refractivity contribution in [3.05, 3.63) is 59.3 Å². The fourth-order valence-corrected chi connectivity index (χ4v) is 5.64. The van der Waals surface area contributed by atoms with Gasteiger partial charge in [-0.3, -0.25) is 9.59 Å². The number of nitrogens with zero attached hydrogens (tertiary/aromatic N) is 2.